The van der Waals surface area contributed by atoms with Crippen LogP contribution < -0.4 is 0 Å². The first-order chi connectivity index (χ1) is 8.00. The fraction of sp³-hybridized carbons (Fsp3) is 0.0909. The summed E-state index contributed by atoms with van der Waals surface area (Å²) in [5, 5.41) is -0.814. The van der Waals surface area contributed by atoms with E-state index in [1.54, 1.807) is 6.07 Å². The number of alkyl halides is 1. The van der Waals surface area contributed by atoms with E-state index in [9.17, 15) is 8.78 Å². The first-order valence-electron chi connectivity index (χ1n) is 4.52. The molecule has 0 fully saturated rings. The van der Waals surface area contributed by atoms with E-state index in [4.69, 9.17) is 16.0 Å². The zero-order valence-electron chi connectivity index (χ0n) is 8.18. The number of halogens is 5. The summed E-state index contributed by atoms with van der Waals surface area (Å²) >= 11 is 12.1. The quantitative estimate of drug-likeness (QED) is 0.497. The third kappa shape index (κ3) is 2.56. The van der Waals surface area contributed by atoms with E-state index in [0.717, 1.165) is 12.1 Å². The smallest absolute Gasteiger partial charge is 0.173 e. The predicted octanol–water partition coefficient (Wildman–Crippen LogP) is 5.41. The molecule has 6 heteroatoms. The van der Waals surface area contributed by atoms with Gasteiger partial charge in [0.05, 0.1) is 16.1 Å². The predicted molar refractivity (Wildman–Crippen MR) is 68.2 cm³/mol. The standard InChI is InChI=1S/C11H5Br2ClF2O/c12-7-4-8(15)6(3-9(7)16)10(14)5-1-2-17-11(5)13/h1-4,10H. The Morgan fingerprint density at radius 1 is 1.12 bits per heavy atom. The van der Waals surface area contributed by atoms with E-state index in [-0.39, 0.29) is 10.0 Å². The Balaban J connectivity index is 2.48. The van der Waals surface area contributed by atoms with Crippen molar-refractivity contribution >= 4 is 43.5 Å². The molecule has 1 atom stereocenters. The van der Waals surface area contributed by atoms with Crippen LogP contribution in [0.5, 0.6) is 0 Å². The minimum absolute atomic E-state index is 0.0638. The van der Waals surface area contributed by atoms with E-state index in [0.29, 0.717) is 10.2 Å². The highest BCUT2D eigenvalue weighted by atomic mass is 79.9. The van der Waals surface area contributed by atoms with E-state index >= 15 is 0 Å². The van der Waals surface area contributed by atoms with Gasteiger partial charge >= 0.3 is 0 Å². The third-order valence-electron chi connectivity index (χ3n) is 2.23. The molecule has 0 spiro atoms. The van der Waals surface area contributed by atoms with Gasteiger partial charge in [0.25, 0.3) is 0 Å². The summed E-state index contributed by atoms with van der Waals surface area (Å²) in [5.41, 5.74) is 0.613. The van der Waals surface area contributed by atoms with Crippen LogP contribution >= 0.6 is 43.5 Å². The highest BCUT2D eigenvalue weighted by molar-refractivity contribution is 9.10. The van der Waals surface area contributed by atoms with Gasteiger partial charge in [0.1, 0.15) is 11.6 Å². The topological polar surface area (TPSA) is 13.1 Å². The van der Waals surface area contributed by atoms with Crippen LogP contribution in [-0.4, -0.2) is 0 Å². The van der Waals surface area contributed by atoms with Crippen molar-refractivity contribution in [1.82, 2.24) is 0 Å². The molecule has 17 heavy (non-hydrogen) atoms. The summed E-state index contributed by atoms with van der Waals surface area (Å²) < 4.78 is 32.5. The molecule has 0 bridgehead atoms. The van der Waals surface area contributed by atoms with Gasteiger partial charge < -0.3 is 4.42 Å². The zero-order chi connectivity index (χ0) is 12.6. The molecule has 0 N–H and O–H groups in total. The maximum Gasteiger partial charge on any atom is 0.173 e. The fourth-order valence-electron chi connectivity index (χ4n) is 1.38. The van der Waals surface area contributed by atoms with Gasteiger partial charge in [0.15, 0.2) is 4.67 Å². The molecule has 0 saturated heterocycles. The van der Waals surface area contributed by atoms with Gasteiger partial charge in [-0.25, -0.2) is 8.78 Å². The molecule has 2 aromatic rings. The lowest BCUT2D eigenvalue weighted by Crippen LogP contribution is -1.98. The van der Waals surface area contributed by atoms with Crippen LogP contribution in [0.2, 0.25) is 0 Å². The normalized spacial score (nSPS) is 12.8. The summed E-state index contributed by atoms with van der Waals surface area (Å²) in [7, 11) is 0. The van der Waals surface area contributed by atoms with Crippen LogP contribution in [0.15, 0.2) is 38.0 Å². The Labute approximate surface area is 118 Å². The van der Waals surface area contributed by atoms with Crippen molar-refractivity contribution in [2.75, 3.05) is 0 Å². The lowest BCUT2D eigenvalue weighted by atomic mass is 10.1. The minimum Gasteiger partial charge on any atom is -0.457 e. The zero-order valence-corrected chi connectivity index (χ0v) is 12.1. The second-order valence-electron chi connectivity index (χ2n) is 3.30. The van der Waals surface area contributed by atoms with Gasteiger partial charge in [-0.15, -0.1) is 11.6 Å². The Kier molecular flexibility index (Phi) is 3.90. The van der Waals surface area contributed by atoms with Crippen molar-refractivity contribution in [3.05, 3.63) is 56.4 Å². The fourth-order valence-corrected chi connectivity index (χ4v) is 2.64. The van der Waals surface area contributed by atoms with Gasteiger partial charge in [-0.3, -0.25) is 0 Å². The number of rotatable bonds is 2. The van der Waals surface area contributed by atoms with Crippen LogP contribution in [0.25, 0.3) is 0 Å². The van der Waals surface area contributed by atoms with Crippen molar-refractivity contribution in [1.29, 1.82) is 0 Å². The summed E-state index contributed by atoms with van der Waals surface area (Å²) in [4.78, 5) is 0. The number of benzene rings is 1. The maximum atomic E-state index is 13.7. The first kappa shape index (κ1) is 13.1. The molecule has 0 amide bonds. The summed E-state index contributed by atoms with van der Waals surface area (Å²) in [6, 6.07) is 3.71. The van der Waals surface area contributed by atoms with E-state index in [1.807, 2.05) is 0 Å². The van der Waals surface area contributed by atoms with Gasteiger partial charge in [-0.05, 0) is 50.1 Å². The second kappa shape index (κ2) is 5.08. The molecule has 1 heterocycles. The Bertz CT molecular complexity index is 556. The summed E-state index contributed by atoms with van der Waals surface area (Å²) in [6.07, 6.45) is 1.42. The number of hydrogen-bond acceptors (Lipinski definition) is 1. The molecule has 90 valence electrons. The van der Waals surface area contributed by atoms with E-state index < -0.39 is 17.0 Å². The van der Waals surface area contributed by atoms with Crippen LogP contribution in [0, 0.1) is 11.6 Å². The number of furan rings is 1. The lowest BCUT2D eigenvalue weighted by molar-refractivity contribution is 0.536. The largest absolute Gasteiger partial charge is 0.457 e. The van der Waals surface area contributed by atoms with Gasteiger partial charge in [0, 0.05) is 11.1 Å². The third-order valence-corrected chi connectivity index (χ3v) is 3.95. The molecule has 0 radical (unpaired) electrons. The SMILES string of the molecule is Fc1cc(C(Cl)c2ccoc2Br)c(F)cc1Br. The first-order valence-corrected chi connectivity index (χ1v) is 6.54. The van der Waals surface area contributed by atoms with Crippen LogP contribution in [0.1, 0.15) is 16.5 Å². The molecular formula is C11H5Br2ClF2O. The lowest BCUT2D eigenvalue weighted by Gasteiger charge is -2.10. The summed E-state index contributed by atoms with van der Waals surface area (Å²) in [5.74, 6) is -1.14. The molecule has 0 aliphatic rings. The minimum atomic E-state index is -0.814. The van der Waals surface area contributed by atoms with Gasteiger partial charge in [0.2, 0.25) is 0 Å². The highest BCUT2D eigenvalue weighted by Gasteiger charge is 2.21. The molecule has 0 aliphatic heterocycles. The molecule has 1 unspecified atom stereocenters. The molecule has 2 rings (SSSR count). The van der Waals surface area contributed by atoms with Crippen molar-refractivity contribution in [3.8, 4) is 0 Å². The Hall–Kier alpha value is -0.390. The van der Waals surface area contributed by atoms with Crippen LogP contribution in [0.3, 0.4) is 0 Å². The number of hydrogen-bond donors (Lipinski definition) is 0. The van der Waals surface area contributed by atoms with Crippen molar-refractivity contribution < 1.29 is 13.2 Å². The van der Waals surface area contributed by atoms with Crippen molar-refractivity contribution in [2.45, 2.75) is 5.38 Å². The van der Waals surface area contributed by atoms with Gasteiger partial charge in [-0.2, -0.15) is 0 Å². The molecule has 0 aliphatic carbocycles. The molecule has 1 aromatic carbocycles. The molecule has 0 saturated carbocycles. The Morgan fingerprint density at radius 2 is 1.82 bits per heavy atom. The maximum absolute atomic E-state index is 13.7. The van der Waals surface area contributed by atoms with Crippen LogP contribution in [0.4, 0.5) is 8.78 Å². The van der Waals surface area contributed by atoms with Crippen molar-refractivity contribution in [3.63, 3.8) is 0 Å². The average Bonchev–Trinajstić information content (AvgIpc) is 2.69. The average molecular weight is 386 g/mol. The Morgan fingerprint density at radius 3 is 2.41 bits per heavy atom. The van der Waals surface area contributed by atoms with E-state index in [1.165, 1.54) is 6.26 Å². The highest BCUT2D eigenvalue weighted by Crippen LogP contribution is 2.36. The molecule has 1 aromatic heterocycles. The van der Waals surface area contributed by atoms with Gasteiger partial charge in [-0.1, -0.05) is 0 Å². The van der Waals surface area contributed by atoms with E-state index in [2.05, 4.69) is 31.9 Å². The van der Waals surface area contributed by atoms with Crippen molar-refractivity contribution in [2.24, 2.45) is 0 Å². The molecular weight excluding hydrogens is 381 g/mol. The second-order valence-corrected chi connectivity index (χ2v) is 5.31. The summed E-state index contributed by atoms with van der Waals surface area (Å²) in [6.45, 7) is 0. The molecule has 1 nitrogen and oxygen atoms in total. The van der Waals surface area contributed by atoms with Crippen LogP contribution in [-0.2, 0) is 0 Å². The monoisotopic (exact) mass is 384 g/mol.